The van der Waals surface area contributed by atoms with Gasteiger partial charge in [-0.25, -0.2) is 4.39 Å². The SMILES string of the molecule is O=[N+]([O-])c1cc(F)c(Cl)cc1-c1ccco1. The fourth-order valence-electron chi connectivity index (χ4n) is 1.32. The minimum Gasteiger partial charge on any atom is -0.464 e. The van der Waals surface area contributed by atoms with Crippen LogP contribution in [0, 0.1) is 15.9 Å². The van der Waals surface area contributed by atoms with Crippen LogP contribution in [0.1, 0.15) is 0 Å². The normalized spacial score (nSPS) is 10.4. The van der Waals surface area contributed by atoms with Gasteiger partial charge in [0.1, 0.15) is 11.6 Å². The van der Waals surface area contributed by atoms with E-state index in [0.717, 1.165) is 6.07 Å². The van der Waals surface area contributed by atoms with Crippen molar-refractivity contribution in [3.63, 3.8) is 0 Å². The molecule has 1 heterocycles. The Hall–Kier alpha value is -1.88. The summed E-state index contributed by atoms with van der Waals surface area (Å²) >= 11 is 5.57. The van der Waals surface area contributed by atoms with Crippen LogP contribution >= 0.6 is 11.6 Å². The quantitative estimate of drug-likeness (QED) is 0.596. The first-order valence-corrected chi connectivity index (χ1v) is 4.64. The van der Waals surface area contributed by atoms with Crippen LogP contribution in [0.3, 0.4) is 0 Å². The Morgan fingerprint density at radius 1 is 1.44 bits per heavy atom. The average molecular weight is 242 g/mol. The van der Waals surface area contributed by atoms with E-state index in [1.807, 2.05) is 0 Å². The van der Waals surface area contributed by atoms with Crippen molar-refractivity contribution in [2.24, 2.45) is 0 Å². The molecule has 0 fully saturated rings. The van der Waals surface area contributed by atoms with Crippen molar-refractivity contribution in [1.29, 1.82) is 0 Å². The van der Waals surface area contributed by atoms with Crippen LogP contribution in [0.15, 0.2) is 34.9 Å². The molecular weight excluding hydrogens is 237 g/mol. The largest absolute Gasteiger partial charge is 0.464 e. The van der Waals surface area contributed by atoms with Gasteiger partial charge in [0.25, 0.3) is 5.69 Å². The van der Waals surface area contributed by atoms with Gasteiger partial charge in [0.15, 0.2) is 0 Å². The molecule has 0 aliphatic carbocycles. The first kappa shape index (κ1) is 10.6. The predicted molar refractivity (Wildman–Crippen MR) is 55.8 cm³/mol. The Bertz CT molecular complexity index is 539. The standard InChI is InChI=1S/C10H5ClFNO3/c11-7-4-6(10-2-1-3-16-10)9(13(14)15)5-8(7)12/h1-5H. The van der Waals surface area contributed by atoms with E-state index in [1.54, 1.807) is 6.07 Å². The lowest BCUT2D eigenvalue weighted by Gasteiger charge is -2.01. The number of hydrogen-bond acceptors (Lipinski definition) is 3. The van der Waals surface area contributed by atoms with Gasteiger partial charge in [0, 0.05) is 0 Å². The lowest BCUT2D eigenvalue weighted by molar-refractivity contribution is -0.384. The lowest BCUT2D eigenvalue weighted by atomic mass is 10.1. The summed E-state index contributed by atoms with van der Waals surface area (Å²) in [5.41, 5.74) is -0.224. The third kappa shape index (κ3) is 1.77. The number of halogens is 2. The second-order valence-corrected chi connectivity index (χ2v) is 3.43. The zero-order valence-corrected chi connectivity index (χ0v) is 8.57. The number of nitro benzene ring substituents is 1. The summed E-state index contributed by atoms with van der Waals surface area (Å²) in [6, 6.07) is 5.07. The second kappa shape index (κ2) is 3.94. The van der Waals surface area contributed by atoms with Crippen LogP contribution in [0.5, 0.6) is 0 Å². The fraction of sp³-hybridized carbons (Fsp3) is 0. The highest BCUT2D eigenvalue weighted by atomic mass is 35.5. The minimum absolute atomic E-state index is 0.154. The van der Waals surface area contributed by atoms with Gasteiger partial charge in [-0.2, -0.15) is 0 Å². The van der Waals surface area contributed by atoms with E-state index in [9.17, 15) is 14.5 Å². The van der Waals surface area contributed by atoms with Crippen molar-refractivity contribution in [1.82, 2.24) is 0 Å². The molecule has 0 aliphatic heterocycles. The summed E-state index contributed by atoms with van der Waals surface area (Å²) < 4.78 is 18.1. The first-order valence-electron chi connectivity index (χ1n) is 4.27. The molecule has 6 heteroatoms. The van der Waals surface area contributed by atoms with E-state index in [1.165, 1.54) is 18.4 Å². The van der Waals surface area contributed by atoms with Gasteiger partial charge in [-0.05, 0) is 18.2 Å². The van der Waals surface area contributed by atoms with Crippen LogP contribution < -0.4 is 0 Å². The van der Waals surface area contributed by atoms with Crippen LogP contribution in [0.2, 0.25) is 5.02 Å². The zero-order valence-electron chi connectivity index (χ0n) is 7.81. The summed E-state index contributed by atoms with van der Waals surface area (Å²) in [7, 11) is 0. The Labute approximate surface area is 94.4 Å². The van der Waals surface area contributed by atoms with Crippen molar-refractivity contribution < 1.29 is 13.7 Å². The van der Waals surface area contributed by atoms with Crippen LogP contribution in [0.4, 0.5) is 10.1 Å². The molecular formula is C10H5ClFNO3. The molecule has 0 N–H and O–H groups in total. The average Bonchev–Trinajstić information content (AvgIpc) is 2.74. The van der Waals surface area contributed by atoms with Crippen molar-refractivity contribution in [2.45, 2.75) is 0 Å². The van der Waals surface area contributed by atoms with Crippen molar-refractivity contribution in [2.75, 3.05) is 0 Å². The predicted octanol–water partition coefficient (Wildman–Crippen LogP) is 3.65. The molecule has 16 heavy (non-hydrogen) atoms. The van der Waals surface area contributed by atoms with E-state index in [4.69, 9.17) is 16.0 Å². The van der Waals surface area contributed by atoms with Crippen molar-refractivity contribution in [3.8, 4) is 11.3 Å². The van der Waals surface area contributed by atoms with Gasteiger partial charge in [-0.1, -0.05) is 11.6 Å². The summed E-state index contributed by atoms with van der Waals surface area (Å²) in [4.78, 5) is 10.1. The van der Waals surface area contributed by atoms with Gasteiger partial charge < -0.3 is 4.42 Å². The van der Waals surface area contributed by atoms with Crippen LogP contribution in [0.25, 0.3) is 11.3 Å². The topological polar surface area (TPSA) is 56.3 Å². The summed E-state index contributed by atoms with van der Waals surface area (Å²) in [6.45, 7) is 0. The summed E-state index contributed by atoms with van der Waals surface area (Å²) in [6.07, 6.45) is 1.37. The van der Waals surface area contributed by atoms with Crippen LogP contribution in [-0.4, -0.2) is 4.92 Å². The molecule has 2 aromatic rings. The van der Waals surface area contributed by atoms with Gasteiger partial charge >= 0.3 is 0 Å². The maximum atomic E-state index is 13.1. The highest BCUT2D eigenvalue weighted by molar-refractivity contribution is 6.31. The number of rotatable bonds is 2. The molecule has 0 amide bonds. The first-order chi connectivity index (χ1) is 7.59. The molecule has 4 nitrogen and oxygen atoms in total. The third-order valence-electron chi connectivity index (χ3n) is 2.02. The molecule has 82 valence electrons. The summed E-state index contributed by atoms with van der Waals surface area (Å²) in [5.74, 6) is -0.558. The van der Waals surface area contributed by atoms with Gasteiger partial charge in [0.05, 0.1) is 27.8 Å². The van der Waals surface area contributed by atoms with Gasteiger partial charge in [-0.15, -0.1) is 0 Å². The fourth-order valence-corrected chi connectivity index (χ4v) is 1.48. The lowest BCUT2D eigenvalue weighted by Crippen LogP contribution is -1.93. The van der Waals surface area contributed by atoms with Crippen LogP contribution in [-0.2, 0) is 0 Å². The number of furan rings is 1. The monoisotopic (exact) mass is 241 g/mol. The van der Waals surface area contributed by atoms with Crippen molar-refractivity contribution >= 4 is 17.3 Å². The highest BCUT2D eigenvalue weighted by Gasteiger charge is 2.20. The maximum Gasteiger partial charge on any atom is 0.283 e. The molecule has 0 aliphatic rings. The smallest absolute Gasteiger partial charge is 0.283 e. The molecule has 0 saturated carbocycles. The number of benzene rings is 1. The molecule has 1 aromatic carbocycles. The Morgan fingerprint density at radius 2 is 2.19 bits per heavy atom. The van der Waals surface area contributed by atoms with E-state index < -0.39 is 10.7 Å². The highest BCUT2D eigenvalue weighted by Crippen LogP contribution is 2.34. The Kier molecular flexibility index (Phi) is 2.62. The Morgan fingerprint density at radius 3 is 2.75 bits per heavy atom. The molecule has 0 bridgehead atoms. The molecule has 0 atom stereocenters. The summed E-state index contributed by atoms with van der Waals surface area (Å²) in [5, 5.41) is 10.6. The molecule has 0 spiro atoms. The molecule has 0 unspecified atom stereocenters. The number of hydrogen-bond donors (Lipinski definition) is 0. The van der Waals surface area contributed by atoms with Gasteiger partial charge in [0.2, 0.25) is 0 Å². The van der Waals surface area contributed by atoms with E-state index in [-0.39, 0.29) is 22.0 Å². The molecule has 0 radical (unpaired) electrons. The second-order valence-electron chi connectivity index (χ2n) is 3.02. The zero-order chi connectivity index (χ0) is 11.7. The van der Waals surface area contributed by atoms with E-state index >= 15 is 0 Å². The molecule has 1 aromatic heterocycles. The van der Waals surface area contributed by atoms with E-state index in [2.05, 4.69) is 0 Å². The van der Waals surface area contributed by atoms with Crippen molar-refractivity contribution in [3.05, 3.63) is 51.5 Å². The van der Waals surface area contributed by atoms with E-state index in [0.29, 0.717) is 0 Å². The molecule has 0 saturated heterocycles. The third-order valence-corrected chi connectivity index (χ3v) is 2.31. The maximum absolute atomic E-state index is 13.1. The Balaban J connectivity index is 2.68. The van der Waals surface area contributed by atoms with Gasteiger partial charge in [-0.3, -0.25) is 10.1 Å². The number of nitro groups is 1. The molecule has 2 rings (SSSR count). The number of nitrogens with zero attached hydrogens (tertiary/aromatic N) is 1. The minimum atomic E-state index is -0.830.